The van der Waals surface area contributed by atoms with Gasteiger partial charge in [0, 0.05) is 11.1 Å². The molecule has 0 aliphatic carbocycles. The van der Waals surface area contributed by atoms with Crippen molar-refractivity contribution in [1.82, 2.24) is 4.98 Å². The SMILES string of the molecule is CCCCC1OCCc2c1[nH]c1c(Cl)cc(C)c(C#N)c21. The highest BCUT2D eigenvalue weighted by Gasteiger charge is 2.27. The Morgan fingerprint density at radius 3 is 3.05 bits per heavy atom. The molecule has 0 saturated heterocycles. The standard InChI is InChI=1S/C17H19ClN2O/c1-3-4-5-14-16-11(6-7-21-14)15-12(9-19)10(2)8-13(18)17(15)20-16/h8,14,20H,3-7H2,1-2H3. The second kappa shape index (κ2) is 5.71. The van der Waals surface area contributed by atoms with Gasteiger partial charge in [0.25, 0.3) is 0 Å². The number of H-pyrrole nitrogens is 1. The summed E-state index contributed by atoms with van der Waals surface area (Å²) in [7, 11) is 0. The lowest BCUT2D eigenvalue weighted by Gasteiger charge is -2.23. The molecule has 3 nitrogen and oxygen atoms in total. The highest BCUT2D eigenvalue weighted by molar-refractivity contribution is 6.35. The Hall–Kier alpha value is -1.50. The first-order valence-electron chi connectivity index (χ1n) is 7.52. The van der Waals surface area contributed by atoms with E-state index in [9.17, 15) is 5.26 Å². The fourth-order valence-corrected chi connectivity index (χ4v) is 3.53. The van der Waals surface area contributed by atoms with Crippen LogP contribution in [-0.4, -0.2) is 11.6 Å². The summed E-state index contributed by atoms with van der Waals surface area (Å²) >= 11 is 6.38. The van der Waals surface area contributed by atoms with Crippen LogP contribution in [0.15, 0.2) is 6.07 Å². The van der Waals surface area contributed by atoms with Crippen molar-refractivity contribution in [2.45, 2.75) is 45.6 Å². The number of ether oxygens (including phenoxy) is 1. The monoisotopic (exact) mass is 302 g/mol. The van der Waals surface area contributed by atoms with Crippen molar-refractivity contribution < 1.29 is 4.74 Å². The van der Waals surface area contributed by atoms with Gasteiger partial charge in [-0.1, -0.05) is 31.4 Å². The molecule has 1 aliphatic heterocycles. The summed E-state index contributed by atoms with van der Waals surface area (Å²) in [5, 5.41) is 11.2. The molecular formula is C17H19ClN2O. The predicted octanol–water partition coefficient (Wildman–Crippen LogP) is 4.81. The van der Waals surface area contributed by atoms with Crippen LogP contribution in [0.5, 0.6) is 0 Å². The molecule has 21 heavy (non-hydrogen) atoms. The zero-order chi connectivity index (χ0) is 15.0. The lowest BCUT2D eigenvalue weighted by Crippen LogP contribution is -2.15. The van der Waals surface area contributed by atoms with E-state index in [2.05, 4.69) is 18.0 Å². The molecule has 0 bridgehead atoms. The van der Waals surface area contributed by atoms with Gasteiger partial charge in [0.2, 0.25) is 0 Å². The summed E-state index contributed by atoms with van der Waals surface area (Å²) < 4.78 is 5.92. The molecule has 3 rings (SSSR count). The summed E-state index contributed by atoms with van der Waals surface area (Å²) in [4.78, 5) is 3.44. The number of aryl methyl sites for hydroxylation is 1. The fourth-order valence-electron chi connectivity index (χ4n) is 3.23. The molecule has 1 aromatic carbocycles. The first-order chi connectivity index (χ1) is 10.2. The van der Waals surface area contributed by atoms with Crippen molar-refractivity contribution in [1.29, 1.82) is 5.26 Å². The zero-order valence-electron chi connectivity index (χ0n) is 12.4. The molecule has 4 heteroatoms. The number of nitrogens with one attached hydrogen (secondary N) is 1. The largest absolute Gasteiger partial charge is 0.372 e. The van der Waals surface area contributed by atoms with E-state index in [1.54, 1.807) is 0 Å². The quantitative estimate of drug-likeness (QED) is 0.885. The fraction of sp³-hybridized carbons (Fsp3) is 0.471. The van der Waals surface area contributed by atoms with Crippen molar-refractivity contribution in [2.75, 3.05) is 6.61 Å². The summed E-state index contributed by atoms with van der Waals surface area (Å²) in [5.74, 6) is 0. The Kier molecular flexibility index (Phi) is 3.93. The van der Waals surface area contributed by atoms with Crippen LogP contribution in [0.25, 0.3) is 10.9 Å². The molecule has 1 unspecified atom stereocenters. The van der Waals surface area contributed by atoms with Crippen LogP contribution in [-0.2, 0) is 11.2 Å². The van der Waals surface area contributed by atoms with Crippen LogP contribution < -0.4 is 0 Å². The maximum atomic E-state index is 9.50. The molecule has 1 aromatic heterocycles. The molecule has 2 heterocycles. The zero-order valence-corrected chi connectivity index (χ0v) is 13.2. The van der Waals surface area contributed by atoms with Gasteiger partial charge in [-0.2, -0.15) is 5.26 Å². The maximum absolute atomic E-state index is 9.50. The number of hydrogen-bond donors (Lipinski definition) is 1. The Bertz CT molecular complexity index is 727. The second-order valence-corrected chi connectivity index (χ2v) is 6.09. The minimum absolute atomic E-state index is 0.101. The number of aromatic nitrogens is 1. The van der Waals surface area contributed by atoms with Crippen LogP contribution in [0.2, 0.25) is 5.02 Å². The van der Waals surface area contributed by atoms with Gasteiger partial charge in [-0.05, 0) is 37.0 Å². The number of rotatable bonds is 3. The third kappa shape index (κ3) is 2.33. The summed E-state index contributed by atoms with van der Waals surface area (Å²) in [6.45, 7) is 4.84. The van der Waals surface area contributed by atoms with E-state index in [1.807, 2.05) is 13.0 Å². The maximum Gasteiger partial charge on any atom is 0.100 e. The van der Waals surface area contributed by atoms with Gasteiger partial charge in [-0.25, -0.2) is 0 Å². The van der Waals surface area contributed by atoms with Crippen LogP contribution in [0.3, 0.4) is 0 Å². The molecule has 1 N–H and O–H groups in total. The highest BCUT2D eigenvalue weighted by atomic mass is 35.5. The van der Waals surface area contributed by atoms with Crippen molar-refractivity contribution in [3.8, 4) is 6.07 Å². The van der Waals surface area contributed by atoms with Crippen molar-refractivity contribution in [3.05, 3.63) is 33.5 Å². The molecule has 0 fully saturated rings. The second-order valence-electron chi connectivity index (χ2n) is 5.68. The number of nitrogens with zero attached hydrogens (tertiary/aromatic N) is 1. The molecule has 0 spiro atoms. The van der Waals surface area contributed by atoms with Crippen LogP contribution in [0, 0.1) is 18.3 Å². The van der Waals surface area contributed by atoms with Crippen LogP contribution in [0.4, 0.5) is 0 Å². The number of unbranched alkanes of at least 4 members (excludes halogenated alkanes) is 1. The molecule has 0 radical (unpaired) electrons. The lowest BCUT2D eigenvalue weighted by atomic mass is 9.95. The number of nitriles is 1. The summed E-state index contributed by atoms with van der Waals surface area (Å²) in [5.41, 5.74) is 4.90. The topological polar surface area (TPSA) is 48.8 Å². The van der Waals surface area contributed by atoms with E-state index in [4.69, 9.17) is 16.3 Å². The van der Waals surface area contributed by atoms with Gasteiger partial charge in [0.15, 0.2) is 0 Å². The number of hydrogen-bond acceptors (Lipinski definition) is 2. The minimum Gasteiger partial charge on any atom is -0.372 e. The molecule has 110 valence electrons. The van der Waals surface area contributed by atoms with Crippen molar-refractivity contribution >= 4 is 22.5 Å². The first kappa shape index (κ1) is 14.4. The Morgan fingerprint density at radius 2 is 2.33 bits per heavy atom. The van der Waals surface area contributed by atoms with Gasteiger partial charge < -0.3 is 9.72 Å². The smallest absolute Gasteiger partial charge is 0.100 e. The van der Waals surface area contributed by atoms with E-state index in [0.717, 1.165) is 53.4 Å². The van der Waals surface area contributed by atoms with Gasteiger partial charge in [0.05, 0.1) is 28.8 Å². The molecular weight excluding hydrogens is 284 g/mol. The molecule has 0 saturated carbocycles. The summed E-state index contributed by atoms with van der Waals surface area (Å²) in [6, 6.07) is 4.21. The number of aromatic amines is 1. The van der Waals surface area contributed by atoms with Gasteiger partial charge >= 0.3 is 0 Å². The van der Waals surface area contributed by atoms with E-state index < -0.39 is 0 Å². The predicted molar refractivity (Wildman–Crippen MR) is 84.7 cm³/mol. The van der Waals surface area contributed by atoms with Gasteiger partial charge in [0.1, 0.15) is 6.07 Å². The number of fused-ring (bicyclic) bond motifs is 3. The van der Waals surface area contributed by atoms with Crippen LogP contribution >= 0.6 is 11.6 Å². The molecule has 1 aliphatic rings. The minimum atomic E-state index is 0.101. The van der Waals surface area contributed by atoms with E-state index in [-0.39, 0.29) is 6.10 Å². The Labute approximate surface area is 129 Å². The van der Waals surface area contributed by atoms with Crippen molar-refractivity contribution in [2.24, 2.45) is 0 Å². The third-order valence-electron chi connectivity index (χ3n) is 4.29. The van der Waals surface area contributed by atoms with Gasteiger partial charge in [-0.15, -0.1) is 0 Å². The Morgan fingerprint density at radius 1 is 1.52 bits per heavy atom. The highest BCUT2D eigenvalue weighted by Crippen LogP contribution is 2.39. The Balaban J connectivity index is 2.22. The van der Waals surface area contributed by atoms with E-state index >= 15 is 0 Å². The molecule has 1 atom stereocenters. The average molecular weight is 303 g/mol. The normalized spacial score (nSPS) is 17.7. The lowest BCUT2D eigenvalue weighted by molar-refractivity contribution is 0.0329. The molecule has 2 aromatic rings. The number of halogens is 1. The van der Waals surface area contributed by atoms with Crippen LogP contribution in [0.1, 0.15) is 54.7 Å². The molecule has 0 amide bonds. The average Bonchev–Trinajstić information content (AvgIpc) is 2.86. The van der Waals surface area contributed by atoms with E-state index in [0.29, 0.717) is 11.6 Å². The first-order valence-corrected chi connectivity index (χ1v) is 7.90. The number of benzene rings is 1. The van der Waals surface area contributed by atoms with Crippen molar-refractivity contribution in [3.63, 3.8) is 0 Å². The summed E-state index contributed by atoms with van der Waals surface area (Å²) in [6.07, 6.45) is 4.24. The van der Waals surface area contributed by atoms with Gasteiger partial charge in [-0.3, -0.25) is 0 Å². The third-order valence-corrected chi connectivity index (χ3v) is 4.59. The van der Waals surface area contributed by atoms with E-state index in [1.165, 1.54) is 5.56 Å².